The van der Waals surface area contributed by atoms with Crippen molar-refractivity contribution in [3.8, 4) is 22.1 Å². The number of thiophene rings is 1. The Hall–Kier alpha value is -2.96. The van der Waals surface area contributed by atoms with Crippen LogP contribution in [-0.2, 0) is 0 Å². The highest BCUT2D eigenvalue weighted by molar-refractivity contribution is 7.22. The molecule has 0 aliphatic carbocycles. The summed E-state index contributed by atoms with van der Waals surface area (Å²) < 4.78 is 6.72. The van der Waals surface area contributed by atoms with Crippen LogP contribution in [-0.4, -0.2) is 15.9 Å². The topological polar surface area (TPSA) is 78.1 Å². The number of amides is 1. The average molecular weight is 382 g/mol. The number of carbonyl (C=O) groups excluding carboxylic acids is 1. The molecule has 0 saturated heterocycles. The smallest absolute Gasteiger partial charge is 0.248 e. The van der Waals surface area contributed by atoms with Gasteiger partial charge >= 0.3 is 0 Å². The number of hydrogen-bond acceptors (Lipinski definition) is 5. The first-order valence-corrected chi connectivity index (χ1v) is 8.88. The Kier molecular flexibility index (Phi) is 4.28. The van der Waals surface area contributed by atoms with Gasteiger partial charge < -0.3 is 10.5 Å². The molecule has 2 aromatic carbocycles. The molecule has 0 saturated carbocycles. The molecule has 0 bridgehead atoms. The van der Waals surface area contributed by atoms with Crippen molar-refractivity contribution in [2.75, 3.05) is 0 Å². The molecule has 0 aliphatic heterocycles. The van der Waals surface area contributed by atoms with Gasteiger partial charge in [0.25, 0.3) is 0 Å². The average Bonchev–Trinajstić information content (AvgIpc) is 3.08. The van der Waals surface area contributed by atoms with Crippen LogP contribution in [0.3, 0.4) is 0 Å². The fraction of sp³-hybridized carbons (Fsp3) is 0. The van der Waals surface area contributed by atoms with Crippen LogP contribution in [0.1, 0.15) is 10.4 Å². The third-order valence-electron chi connectivity index (χ3n) is 3.76. The van der Waals surface area contributed by atoms with Gasteiger partial charge in [-0.05, 0) is 48.0 Å². The number of fused-ring (bicyclic) bond motifs is 1. The summed E-state index contributed by atoms with van der Waals surface area (Å²) >= 11 is 7.50. The van der Waals surface area contributed by atoms with Crippen molar-refractivity contribution in [2.24, 2.45) is 5.73 Å². The summed E-state index contributed by atoms with van der Waals surface area (Å²) in [6.07, 6.45) is 1.47. The van der Waals surface area contributed by atoms with Crippen LogP contribution in [0.15, 0.2) is 60.9 Å². The Balaban J connectivity index is 1.69. The third-order valence-corrected chi connectivity index (χ3v) is 5.17. The molecule has 26 heavy (non-hydrogen) atoms. The van der Waals surface area contributed by atoms with E-state index in [-0.39, 0.29) is 0 Å². The van der Waals surface area contributed by atoms with Crippen molar-refractivity contribution in [1.29, 1.82) is 0 Å². The highest BCUT2D eigenvalue weighted by Crippen LogP contribution is 2.38. The third kappa shape index (κ3) is 3.24. The molecule has 2 aromatic heterocycles. The number of rotatable bonds is 4. The monoisotopic (exact) mass is 381 g/mol. The Morgan fingerprint density at radius 3 is 2.46 bits per heavy atom. The second-order valence-corrected chi connectivity index (χ2v) is 6.99. The molecule has 7 heteroatoms. The first-order valence-electron chi connectivity index (χ1n) is 7.68. The predicted molar refractivity (Wildman–Crippen MR) is 103 cm³/mol. The van der Waals surface area contributed by atoms with Crippen molar-refractivity contribution in [2.45, 2.75) is 0 Å². The highest BCUT2D eigenvalue weighted by atomic mass is 35.5. The summed E-state index contributed by atoms with van der Waals surface area (Å²) in [6, 6.07) is 16.2. The van der Waals surface area contributed by atoms with Crippen molar-refractivity contribution in [1.82, 2.24) is 9.97 Å². The number of hydrogen-bond donors (Lipinski definition) is 1. The molecule has 4 aromatic rings. The van der Waals surface area contributed by atoms with Crippen LogP contribution in [0.25, 0.3) is 20.7 Å². The van der Waals surface area contributed by atoms with Crippen molar-refractivity contribution in [3.05, 3.63) is 71.5 Å². The molecule has 128 valence electrons. The van der Waals surface area contributed by atoms with E-state index in [0.717, 1.165) is 20.7 Å². The zero-order valence-electron chi connectivity index (χ0n) is 13.3. The normalized spacial score (nSPS) is 10.8. The van der Waals surface area contributed by atoms with Crippen molar-refractivity contribution in [3.63, 3.8) is 0 Å². The Bertz CT molecular complexity index is 1090. The maximum absolute atomic E-state index is 11.2. The van der Waals surface area contributed by atoms with Gasteiger partial charge in [0.15, 0.2) is 0 Å². The summed E-state index contributed by atoms with van der Waals surface area (Å²) in [5.41, 5.74) is 7.53. The van der Waals surface area contributed by atoms with Gasteiger partial charge in [0.2, 0.25) is 11.8 Å². The lowest BCUT2D eigenvalue weighted by molar-refractivity contribution is 0.100. The molecule has 5 nitrogen and oxygen atoms in total. The zero-order valence-corrected chi connectivity index (χ0v) is 14.9. The minimum Gasteiger partial charge on any atom is -0.437 e. The Labute approximate surface area is 158 Å². The molecule has 0 atom stereocenters. The lowest BCUT2D eigenvalue weighted by Crippen LogP contribution is -2.10. The van der Waals surface area contributed by atoms with Gasteiger partial charge in [0.05, 0.1) is 5.52 Å². The molecule has 2 N–H and O–H groups in total. The quantitative estimate of drug-likeness (QED) is 0.545. The van der Waals surface area contributed by atoms with Gasteiger partial charge in [-0.2, -0.15) is 0 Å². The van der Waals surface area contributed by atoms with Crippen LogP contribution in [0, 0.1) is 0 Å². The molecule has 2 heterocycles. The van der Waals surface area contributed by atoms with E-state index in [1.54, 1.807) is 35.6 Å². The second kappa shape index (κ2) is 6.74. The molecular formula is C19H12ClN3O2S. The number of ether oxygens (including phenoxy) is 1. The molecular weight excluding hydrogens is 370 g/mol. The molecule has 0 fully saturated rings. The number of carbonyl (C=O) groups is 1. The lowest BCUT2D eigenvalue weighted by Gasteiger charge is -2.05. The van der Waals surface area contributed by atoms with E-state index in [4.69, 9.17) is 22.1 Å². The fourth-order valence-corrected chi connectivity index (χ4v) is 3.63. The van der Waals surface area contributed by atoms with Gasteiger partial charge in [-0.1, -0.05) is 23.7 Å². The summed E-state index contributed by atoms with van der Waals surface area (Å²) in [7, 11) is 0. The predicted octanol–water partition coefficient (Wildman–Crippen LogP) is 4.90. The SMILES string of the molecule is NC(=O)c1ccc(Oc2ncnc3cc(-c4ccc(Cl)cc4)sc23)cc1. The van der Waals surface area contributed by atoms with Crippen LogP contribution < -0.4 is 10.5 Å². The van der Waals surface area contributed by atoms with Crippen LogP contribution in [0.5, 0.6) is 11.6 Å². The minimum absolute atomic E-state index is 0.423. The maximum Gasteiger partial charge on any atom is 0.248 e. The van der Waals surface area contributed by atoms with Gasteiger partial charge in [0.1, 0.15) is 16.8 Å². The number of halogens is 1. The molecule has 4 rings (SSSR count). The van der Waals surface area contributed by atoms with E-state index in [1.807, 2.05) is 30.3 Å². The fourth-order valence-electron chi connectivity index (χ4n) is 2.46. The number of nitrogens with zero attached hydrogens (tertiary/aromatic N) is 2. The molecule has 1 amide bonds. The minimum atomic E-state index is -0.480. The molecule has 0 aliphatic rings. The van der Waals surface area contributed by atoms with Gasteiger partial charge in [-0.3, -0.25) is 4.79 Å². The highest BCUT2D eigenvalue weighted by Gasteiger charge is 2.12. The number of aromatic nitrogens is 2. The van der Waals surface area contributed by atoms with Gasteiger partial charge in [-0.25, -0.2) is 9.97 Å². The van der Waals surface area contributed by atoms with Gasteiger partial charge in [-0.15, -0.1) is 11.3 Å². The van der Waals surface area contributed by atoms with E-state index in [0.29, 0.717) is 22.2 Å². The van der Waals surface area contributed by atoms with E-state index >= 15 is 0 Å². The molecule has 0 radical (unpaired) electrons. The number of benzene rings is 2. The first kappa shape index (κ1) is 16.5. The summed E-state index contributed by atoms with van der Waals surface area (Å²) in [6.45, 7) is 0. The maximum atomic E-state index is 11.2. The van der Waals surface area contributed by atoms with Crippen LogP contribution in [0.4, 0.5) is 0 Å². The Morgan fingerprint density at radius 1 is 1.04 bits per heavy atom. The number of nitrogens with two attached hydrogens (primary N) is 1. The molecule has 0 unspecified atom stereocenters. The van der Waals surface area contributed by atoms with E-state index in [9.17, 15) is 4.79 Å². The zero-order chi connectivity index (χ0) is 18.1. The Morgan fingerprint density at radius 2 is 1.77 bits per heavy atom. The number of primary amides is 1. The van der Waals surface area contributed by atoms with Crippen molar-refractivity contribution >= 4 is 39.1 Å². The van der Waals surface area contributed by atoms with E-state index in [1.165, 1.54) is 6.33 Å². The summed E-state index contributed by atoms with van der Waals surface area (Å²) in [5.74, 6) is 0.551. The van der Waals surface area contributed by atoms with Crippen LogP contribution in [0.2, 0.25) is 5.02 Å². The summed E-state index contributed by atoms with van der Waals surface area (Å²) in [4.78, 5) is 20.8. The van der Waals surface area contributed by atoms with E-state index < -0.39 is 5.91 Å². The summed E-state index contributed by atoms with van der Waals surface area (Å²) in [5, 5.41) is 0.693. The first-order chi connectivity index (χ1) is 12.6. The van der Waals surface area contributed by atoms with Crippen molar-refractivity contribution < 1.29 is 9.53 Å². The van der Waals surface area contributed by atoms with E-state index in [2.05, 4.69) is 9.97 Å². The van der Waals surface area contributed by atoms with Crippen LogP contribution >= 0.6 is 22.9 Å². The second-order valence-electron chi connectivity index (χ2n) is 5.50. The van der Waals surface area contributed by atoms with Gasteiger partial charge in [0, 0.05) is 15.5 Å². The largest absolute Gasteiger partial charge is 0.437 e. The lowest BCUT2D eigenvalue weighted by atomic mass is 10.2. The standard InChI is InChI=1S/C19H12ClN3O2S/c20-13-5-1-11(2-6-13)16-9-15-17(26-16)19(23-10-22-15)25-14-7-3-12(4-8-14)18(21)24/h1-10H,(H2,21,24). The molecule has 0 spiro atoms.